The minimum Gasteiger partial charge on any atom is -0.341 e. The molecular formula is C28H25N3OS2. The van der Waals surface area contributed by atoms with Gasteiger partial charge < -0.3 is 5.32 Å². The van der Waals surface area contributed by atoms with Gasteiger partial charge in [-0.3, -0.25) is 9.78 Å². The number of amides is 1. The van der Waals surface area contributed by atoms with Gasteiger partial charge in [0.25, 0.3) is 0 Å². The van der Waals surface area contributed by atoms with Gasteiger partial charge in [0.05, 0.1) is 11.7 Å². The van der Waals surface area contributed by atoms with E-state index in [1.54, 1.807) is 29.9 Å². The average Bonchev–Trinajstić information content (AvgIpc) is 3.37. The fraction of sp³-hybridized carbons (Fsp3) is 0.143. The summed E-state index contributed by atoms with van der Waals surface area (Å²) in [6, 6.07) is 34.4. The second kappa shape index (κ2) is 10.9. The molecule has 1 N–H and O–H groups in total. The number of benzene rings is 3. The third kappa shape index (κ3) is 5.36. The lowest BCUT2D eigenvalue weighted by atomic mass is 10.0. The van der Waals surface area contributed by atoms with Gasteiger partial charge in [-0.2, -0.15) is 0 Å². The van der Waals surface area contributed by atoms with Crippen molar-refractivity contribution < 1.29 is 4.79 Å². The molecule has 170 valence electrons. The molecule has 4 nitrogen and oxygen atoms in total. The van der Waals surface area contributed by atoms with Gasteiger partial charge in [-0.1, -0.05) is 78.9 Å². The molecule has 6 heteroatoms. The number of rotatable bonds is 7. The number of pyridine rings is 1. The molecule has 0 saturated carbocycles. The molecular weight excluding hydrogens is 458 g/mol. The molecule has 0 radical (unpaired) electrons. The van der Waals surface area contributed by atoms with Crippen molar-refractivity contribution >= 4 is 29.6 Å². The van der Waals surface area contributed by atoms with E-state index in [0.29, 0.717) is 0 Å². The van der Waals surface area contributed by atoms with Crippen molar-refractivity contribution in [1.29, 1.82) is 0 Å². The molecule has 0 aliphatic carbocycles. The summed E-state index contributed by atoms with van der Waals surface area (Å²) >= 11 is 3.33. The summed E-state index contributed by atoms with van der Waals surface area (Å²) in [6.45, 7) is 0.855. The van der Waals surface area contributed by atoms with Crippen LogP contribution in [-0.4, -0.2) is 32.9 Å². The summed E-state index contributed by atoms with van der Waals surface area (Å²) in [7, 11) is 0. The standard InChI is InChI=1S/C28H25N3OS2/c32-27(30-26(23-11-5-2-6-12-23)25-13-7-8-18-29-25)28-31(19-20-33-28)34-24-16-14-22(15-17-24)21-9-3-1-4-10-21/h1-18,26,28H,19-20H2,(H,30,32)/t26-,28?/m1/s1. The number of aromatic nitrogens is 1. The van der Waals surface area contributed by atoms with Gasteiger partial charge in [0, 0.05) is 23.4 Å². The van der Waals surface area contributed by atoms with E-state index < -0.39 is 0 Å². The van der Waals surface area contributed by atoms with E-state index in [1.807, 2.05) is 54.6 Å². The van der Waals surface area contributed by atoms with E-state index in [4.69, 9.17) is 0 Å². The normalized spacial score (nSPS) is 16.8. The van der Waals surface area contributed by atoms with Crippen LogP contribution >= 0.6 is 23.7 Å². The third-order valence-corrected chi connectivity index (χ3v) is 8.11. The lowest BCUT2D eigenvalue weighted by Crippen LogP contribution is -2.41. The van der Waals surface area contributed by atoms with Crippen LogP contribution in [0.1, 0.15) is 17.3 Å². The molecule has 34 heavy (non-hydrogen) atoms. The molecule has 1 aliphatic rings. The van der Waals surface area contributed by atoms with Gasteiger partial charge in [-0.25, -0.2) is 4.31 Å². The summed E-state index contributed by atoms with van der Waals surface area (Å²) in [5, 5.41) is 3.00. The molecule has 1 saturated heterocycles. The Labute approximate surface area is 208 Å². The first kappa shape index (κ1) is 22.7. The maximum absolute atomic E-state index is 13.4. The first-order chi connectivity index (χ1) is 16.8. The minimum absolute atomic E-state index is 0.00964. The van der Waals surface area contributed by atoms with Crippen LogP contribution in [0.4, 0.5) is 0 Å². The Hall–Kier alpha value is -3.06. The maximum atomic E-state index is 13.4. The quantitative estimate of drug-likeness (QED) is 0.325. The number of nitrogens with zero attached hydrogens (tertiary/aromatic N) is 2. The first-order valence-corrected chi connectivity index (χ1v) is 13.1. The molecule has 0 spiro atoms. The van der Waals surface area contributed by atoms with Crippen molar-refractivity contribution in [3.63, 3.8) is 0 Å². The van der Waals surface area contributed by atoms with Gasteiger partial charge in [-0.15, -0.1) is 11.8 Å². The summed E-state index contributed by atoms with van der Waals surface area (Å²) < 4.78 is 2.18. The Morgan fingerprint density at radius 2 is 1.56 bits per heavy atom. The van der Waals surface area contributed by atoms with Crippen LogP contribution in [0, 0.1) is 0 Å². The Morgan fingerprint density at radius 3 is 2.26 bits per heavy atom. The number of hydrogen-bond donors (Lipinski definition) is 1. The van der Waals surface area contributed by atoms with E-state index >= 15 is 0 Å². The van der Waals surface area contributed by atoms with Gasteiger partial charge in [-0.05, 0) is 52.9 Å². The zero-order valence-corrected chi connectivity index (χ0v) is 20.2. The minimum atomic E-state index is -0.284. The molecule has 4 aromatic rings. The van der Waals surface area contributed by atoms with E-state index in [1.165, 1.54) is 11.1 Å². The van der Waals surface area contributed by atoms with E-state index in [2.05, 4.69) is 63.1 Å². The predicted octanol–water partition coefficient (Wildman–Crippen LogP) is 6.04. The van der Waals surface area contributed by atoms with Crippen LogP contribution < -0.4 is 5.32 Å². The van der Waals surface area contributed by atoms with Crippen LogP contribution in [0.2, 0.25) is 0 Å². The Kier molecular flexibility index (Phi) is 7.29. The van der Waals surface area contributed by atoms with E-state index in [0.717, 1.165) is 28.5 Å². The molecule has 1 fully saturated rings. The van der Waals surface area contributed by atoms with Crippen molar-refractivity contribution in [2.75, 3.05) is 12.3 Å². The Balaban J connectivity index is 1.29. The summed E-state index contributed by atoms with van der Waals surface area (Å²) in [6.07, 6.45) is 1.77. The fourth-order valence-electron chi connectivity index (χ4n) is 3.96. The lowest BCUT2D eigenvalue weighted by molar-refractivity contribution is -0.122. The second-order valence-electron chi connectivity index (χ2n) is 7.95. The van der Waals surface area contributed by atoms with Crippen molar-refractivity contribution in [1.82, 2.24) is 14.6 Å². The monoisotopic (exact) mass is 483 g/mol. The molecule has 1 aliphatic heterocycles. The van der Waals surface area contributed by atoms with Gasteiger partial charge in [0.2, 0.25) is 5.91 Å². The van der Waals surface area contributed by atoms with Crippen LogP contribution in [0.5, 0.6) is 0 Å². The Bertz CT molecular complexity index is 1170. The second-order valence-corrected chi connectivity index (χ2v) is 10.3. The summed E-state index contributed by atoms with van der Waals surface area (Å²) in [5.41, 5.74) is 4.25. The van der Waals surface area contributed by atoms with Crippen LogP contribution in [0.15, 0.2) is 114 Å². The molecule has 3 aromatic carbocycles. The van der Waals surface area contributed by atoms with E-state index in [-0.39, 0.29) is 17.3 Å². The zero-order chi connectivity index (χ0) is 23.2. The van der Waals surface area contributed by atoms with Crippen LogP contribution in [0.3, 0.4) is 0 Å². The molecule has 0 bridgehead atoms. The number of hydrogen-bond acceptors (Lipinski definition) is 5. The first-order valence-electron chi connectivity index (χ1n) is 11.3. The highest BCUT2D eigenvalue weighted by molar-refractivity contribution is 8.03. The molecule has 2 atom stereocenters. The third-order valence-electron chi connectivity index (χ3n) is 5.66. The Morgan fingerprint density at radius 1 is 0.882 bits per heavy atom. The number of nitrogens with one attached hydrogen (secondary N) is 1. The predicted molar refractivity (Wildman–Crippen MR) is 141 cm³/mol. The van der Waals surface area contributed by atoms with Crippen LogP contribution in [0.25, 0.3) is 11.1 Å². The van der Waals surface area contributed by atoms with Crippen molar-refractivity contribution in [3.8, 4) is 11.1 Å². The number of carbonyl (C=O) groups is 1. The molecule has 2 heterocycles. The molecule has 5 rings (SSSR count). The largest absolute Gasteiger partial charge is 0.341 e. The number of carbonyl (C=O) groups excluding carboxylic acids is 1. The lowest BCUT2D eigenvalue weighted by Gasteiger charge is -2.25. The highest BCUT2D eigenvalue weighted by atomic mass is 32.2. The topological polar surface area (TPSA) is 45.2 Å². The highest BCUT2D eigenvalue weighted by Gasteiger charge is 2.34. The average molecular weight is 484 g/mol. The molecule has 1 amide bonds. The summed E-state index contributed by atoms with van der Waals surface area (Å²) in [5.74, 6) is 0.933. The molecule has 1 aromatic heterocycles. The smallest absolute Gasteiger partial charge is 0.249 e. The van der Waals surface area contributed by atoms with Crippen molar-refractivity contribution in [3.05, 3.63) is 121 Å². The van der Waals surface area contributed by atoms with Gasteiger partial charge in [0.15, 0.2) is 0 Å². The SMILES string of the molecule is O=C(N[C@H](c1ccccc1)c1ccccn1)C1SCCN1Sc1ccc(-c2ccccc2)cc1. The van der Waals surface area contributed by atoms with Crippen molar-refractivity contribution in [2.24, 2.45) is 0 Å². The maximum Gasteiger partial charge on any atom is 0.249 e. The van der Waals surface area contributed by atoms with Gasteiger partial charge >= 0.3 is 0 Å². The van der Waals surface area contributed by atoms with Crippen LogP contribution in [-0.2, 0) is 4.79 Å². The number of thioether (sulfide) groups is 1. The fourth-order valence-corrected chi connectivity index (χ4v) is 6.31. The summed E-state index contributed by atoms with van der Waals surface area (Å²) in [4.78, 5) is 19.1. The molecule has 1 unspecified atom stereocenters. The van der Waals surface area contributed by atoms with Crippen molar-refractivity contribution in [2.45, 2.75) is 16.3 Å². The highest BCUT2D eigenvalue weighted by Crippen LogP contribution is 2.36. The van der Waals surface area contributed by atoms with Gasteiger partial charge in [0.1, 0.15) is 5.37 Å². The van der Waals surface area contributed by atoms with E-state index in [9.17, 15) is 4.79 Å². The zero-order valence-electron chi connectivity index (χ0n) is 18.6.